The molecule has 8 aromatic heterocycles. The van der Waals surface area contributed by atoms with Gasteiger partial charge in [-0.15, -0.1) is 11.3 Å². The highest BCUT2D eigenvalue weighted by molar-refractivity contribution is 7.25. The van der Waals surface area contributed by atoms with E-state index in [9.17, 15) is 0 Å². The molecule has 3 aliphatic rings. The lowest BCUT2D eigenvalue weighted by atomic mass is 9.81. The van der Waals surface area contributed by atoms with Crippen LogP contribution in [0, 0.1) is 0 Å². The molecule has 7 nitrogen and oxygen atoms in total. The predicted molar refractivity (Wildman–Crippen MR) is 631 cm³/mol. The van der Waals surface area contributed by atoms with Crippen LogP contribution in [0.3, 0.4) is 0 Å². The third-order valence-electron chi connectivity index (χ3n) is 33.6. The normalized spacial score (nSPS) is 13.6. The van der Waals surface area contributed by atoms with Crippen molar-refractivity contribution in [2.45, 2.75) is 57.8 Å². The van der Waals surface area contributed by atoms with E-state index in [0.717, 1.165) is 5.69 Å². The van der Waals surface area contributed by atoms with E-state index in [1.54, 1.807) is 0 Å². The number of rotatable bonds is 11. The smallest absolute Gasteiger partial charge is 0.0562 e. The van der Waals surface area contributed by atoms with Crippen LogP contribution in [0.5, 0.6) is 0 Å². The van der Waals surface area contributed by atoms with Crippen molar-refractivity contribution in [3.63, 3.8) is 0 Å². The van der Waals surface area contributed by atoms with Crippen LogP contribution < -0.4 is 0 Å². The quantitative estimate of drug-likeness (QED) is 0.124. The van der Waals surface area contributed by atoms with Gasteiger partial charge in [0.1, 0.15) is 0 Å². The Labute approximate surface area is 864 Å². The van der Waals surface area contributed by atoms with Crippen LogP contribution >= 0.6 is 11.3 Å². The number of aromatic nitrogens is 7. The van der Waals surface area contributed by atoms with Crippen molar-refractivity contribution in [3.05, 3.63) is 513 Å². The number of para-hydroxylation sites is 2. The van der Waals surface area contributed by atoms with Gasteiger partial charge in [-0.2, -0.15) is 0 Å². The van der Waals surface area contributed by atoms with Gasteiger partial charge in [-0.3, -0.25) is 0 Å². The van der Waals surface area contributed by atoms with Crippen molar-refractivity contribution in [3.8, 4) is 84.3 Å². The summed E-state index contributed by atoms with van der Waals surface area (Å²) in [4.78, 5) is 0. The van der Waals surface area contributed by atoms with E-state index >= 15 is 0 Å². The first kappa shape index (κ1) is 85.1. The minimum Gasteiger partial charge on any atom is -0.309 e. The molecule has 0 fully saturated rings. The molecular weight excluding hydrogens is 1820 g/mol. The van der Waals surface area contributed by atoms with E-state index in [2.05, 4.69) is 553 Å². The number of hydrogen-bond donors (Lipinski definition) is 0. The summed E-state index contributed by atoms with van der Waals surface area (Å²) in [7, 11) is 0. The highest BCUT2D eigenvalue weighted by atomic mass is 32.1. The van der Waals surface area contributed by atoms with E-state index < -0.39 is 0 Å². The molecule has 0 unspecified atom stereocenters. The summed E-state index contributed by atoms with van der Waals surface area (Å²) >= 11 is 1.88. The Hall–Kier alpha value is -18.3. The lowest BCUT2D eigenvalue weighted by molar-refractivity contribution is 0.662. The second-order valence-electron chi connectivity index (χ2n) is 42.5. The molecule has 0 radical (unpaired) electrons. The van der Waals surface area contributed by atoms with Gasteiger partial charge in [0.05, 0.1) is 77.2 Å². The monoisotopic (exact) mass is 1920 g/mol. The summed E-state index contributed by atoms with van der Waals surface area (Å²) in [5, 5.41) is 21.3. The minimum atomic E-state index is -0.134. The van der Waals surface area contributed by atoms with Gasteiger partial charge in [-0.25, -0.2) is 0 Å². The highest BCUT2D eigenvalue weighted by Gasteiger charge is 2.41. The van der Waals surface area contributed by atoms with Crippen LogP contribution in [0.25, 0.3) is 257 Å². The average Bonchev–Trinajstić information content (AvgIpc) is 1.52. The van der Waals surface area contributed by atoms with Crippen molar-refractivity contribution in [1.82, 2.24) is 32.0 Å². The maximum atomic E-state index is 2.54. The third-order valence-corrected chi connectivity index (χ3v) is 34.7. The zero-order valence-electron chi connectivity index (χ0n) is 83.1. The van der Waals surface area contributed by atoms with Crippen LogP contribution in [-0.4, -0.2) is 32.0 Å². The summed E-state index contributed by atoms with van der Waals surface area (Å²) < 4.78 is 20.1. The molecule has 3 aliphatic carbocycles. The highest BCUT2D eigenvalue weighted by Crippen LogP contribution is 2.59. The topological polar surface area (TPSA) is 34.5 Å². The molecule has 33 rings (SSSR count). The first-order valence-corrected chi connectivity index (χ1v) is 52.8. The summed E-state index contributed by atoms with van der Waals surface area (Å²) in [6.07, 6.45) is 0. The first-order valence-electron chi connectivity index (χ1n) is 52.0. The number of hydrogen-bond acceptors (Lipinski definition) is 1. The molecule has 0 N–H and O–H groups in total. The van der Waals surface area contributed by atoms with E-state index in [0.29, 0.717) is 0 Å². The molecule has 0 saturated heterocycles. The van der Waals surface area contributed by atoms with Crippen LogP contribution in [-0.2, 0) is 16.2 Å². The zero-order valence-corrected chi connectivity index (χ0v) is 84.0. The van der Waals surface area contributed by atoms with Gasteiger partial charge in [0.25, 0.3) is 0 Å². The summed E-state index contributed by atoms with van der Waals surface area (Å²) in [5.74, 6) is 0. The molecule has 22 aromatic carbocycles. The second kappa shape index (κ2) is 31.8. The molecule has 0 spiro atoms. The Morgan fingerprint density at radius 1 is 0.134 bits per heavy atom. The van der Waals surface area contributed by atoms with Crippen molar-refractivity contribution in [2.75, 3.05) is 0 Å². The summed E-state index contributed by atoms with van der Waals surface area (Å²) in [6, 6.07) is 177. The molecule has 0 atom stereocenters. The number of thiophene rings is 1. The second-order valence-corrected chi connectivity index (χ2v) is 43.6. The lowest BCUT2D eigenvalue weighted by Crippen LogP contribution is -2.15. The SMILES string of the molecule is CC1(C)c2ccc3c4c2c2c1cccc2n(-c1ccc2sc5ccccc5c2c1)c1cccc(c41)n3-c1cccc(-c2ccccc2)c1.CC1(C)c2ccc3c4c2c2c1cccc2n(-c1cccc(-c2ccccc2)c1)c1cccc(c41)n3-c1ccc2c(c1)c1ccccc1n2-c1ccccc1.CC1(C)c2ccc3c4c2c2c1cccc2n(-c1cccc(-c2ccccc2)c1)c1cccc(c41)n3-c1cccc(-c2ccccc2)c1. The van der Waals surface area contributed by atoms with Crippen molar-refractivity contribution in [2.24, 2.45) is 0 Å². The minimum absolute atomic E-state index is 0.109. The van der Waals surface area contributed by atoms with Gasteiger partial charge in [-0.05, 0) is 276 Å². The number of benzene rings is 22. The maximum absolute atomic E-state index is 2.54. The van der Waals surface area contributed by atoms with Crippen LogP contribution in [0.15, 0.2) is 479 Å². The Morgan fingerprint density at radius 3 is 0.725 bits per heavy atom. The van der Waals surface area contributed by atoms with Gasteiger partial charge in [0.2, 0.25) is 0 Å². The van der Waals surface area contributed by atoms with Crippen molar-refractivity contribution >= 4 is 184 Å². The molecule has 0 amide bonds. The third kappa shape index (κ3) is 12.2. The summed E-state index contributed by atoms with van der Waals surface area (Å²) in [6.45, 7) is 14.4. The summed E-state index contributed by atoms with van der Waals surface area (Å²) in [5.41, 5.74) is 43.2. The van der Waals surface area contributed by atoms with Gasteiger partial charge in [-0.1, -0.05) is 339 Å². The number of fused-ring (bicyclic) bond motifs is 6. The lowest BCUT2D eigenvalue weighted by Gasteiger charge is -2.22. The maximum Gasteiger partial charge on any atom is 0.0562 e. The molecule has 0 aliphatic heterocycles. The fourth-order valence-electron chi connectivity index (χ4n) is 26.9. The van der Waals surface area contributed by atoms with E-state index in [1.165, 1.54) is 285 Å². The van der Waals surface area contributed by atoms with Gasteiger partial charge in [0, 0.05) is 135 Å². The van der Waals surface area contributed by atoms with Crippen molar-refractivity contribution in [1.29, 1.82) is 0 Å². The Balaban J connectivity index is 0.000000101. The predicted octanol–water partition coefficient (Wildman–Crippen LogP) is 37.7. The average molecular weight is 1920 g/mol. The van der Waals surface area contributed by atoms with Crippen LogP contribution in [0.1, 0.15) is 74.9 Å². The first-order chi connectivity index (χ1) is 73.2. The fraction of sp³-hybridized carbons (Fsp3) is 0.0638. The molecule has 0 saturated carbocycles. The molecule has 149 heavy (non-hydrogen) atoms. The van der Waals surface area contributed by atoms with E-state index in [4.69, 9.17) is 0 Å². The number of nitrogens with zero attached hydrogens (tertiary/aromatic N) is 7. The van der Waals surface area contributed by atoms with Gasteiger partial charge in [0.15, 0.2) is 0 Å². The van der Waals surface area contributed by atoms with Gasteiger partial charge >= 0.3 is 0 Å². The molecule has 702 valence electrons. The standard InChI is InChI=1S/C51H35N3.C45H30N2S.C45H32N2/c1-51(2)39-21-12-23-43-47(39)48-40(51)27-29-46-50(48)49-44(53(43)35-19-11-16-33(30-35)32-14-5-3-6-15-32)24-13-25-45(49)54(46)36-26-28-42-38(31-36)37-20-9-10-22-41(37)52(42)34-17-7-4-8-18-34;1-45(2)33-16-9-17-35-41(33)42-34(45)22-23-38-44(42)43-36(46(38)29-14-8-13-28(25-29)27-11-4-3-5-12-27)18-10-19-37(43)47(35)30-21-24-40-32(26-30)31-15-6-7-20-39(31)48-40;1-45(2)35-21-11-22-37-41(35)42-36(45)25-26-40-44(42)43-38(46(37)33-19-9-17-31(27-33)29-13-5-3-6-14-29)23-12-24-39(43)47(40)34-20-10-18-32(28-34)30-15-7-4-8-16-30/h3-31H,1-2H3;3-26H,1-2H3;3-28H,1-2H3. The van der Waals surface area contributed by atoms with Crippen molar-refractivity contribution < 1.29 is 0 Å². The Morgan fingerprint density at radius 2 is 0.362 bits per heavy atom. The van der Waals surface area contributed by atoms with Gasteiger partial charge < -0.3 is 32.0 Å². The Bertz CT molecular complexity index is 11000. The van der Waals surface area contributed by atoms with Crippen LogP contribution in [0.2, 0.25) is 0 Å². The largest absolute Gasteiger partial charge is 0.309 e. The zero-order chi connectivity index (χ0) is 98.7. The molecule has 8 heteroatoms. The van der Waals surface area contributed by atoms with E-state index in [-0.39, 0.29) is 16.2 Å². The Kier molecular flexibility index (Phi) is 18.2. The van der Waals surface area contributed by atoms with Crippen LogP contribution in [0.4, 0.5) is 0 Å². The molecular formula is C141H97N7S. The van der Waals surface area contributed by atoms with E-state index in [1.807, 2.05) is 11.3 Å². The fourth-order valence-corrected chi connectivity index (χ4v) is 28.0. The molecule has 0 bridgehead atoms. The molecule has 8 heterocycles. The molecule has 30 aromatic rings.